The maximum absolute atomic E-state index is 12.8. The van der Waals surface area contributed by atoms with E-state index in [0.29, 0.717) is 30.8 Å². The van der Waals surface area contributed by atoms with Crippen molar-refractivity contribution in [1.82, 2.24) is 25.2 Å². The summed E-state index contributed by atoms with van der Waals surface area (Å²) < 4.78 is 0. The van der Waals surface area contributed by atoms with E-state index in [1.165, 1.54) is 5.56 Å². The molecule has 3 amide bonds. The van der Waals surface area contributed by atoms with E-state index >= 15 is 0 Å². The van der Waals surface area contributed by atoms with Gasteiger partial charge in [-0.2, -0.15) is 15.4 Å². The minimum Gasteiger partial charge on any atom is -0.335 e. The van der Waals surface area contributed by atoms with Crippen molar-refractivity contribution in [2.75, 3.05) is 18.4 Å². The third-order valence-electron chi connectivity index (χ3n) is 5.03. The number of hydrogen-bond donors (Lipinski definition) is 2. The first-order valence-corrected chi connectivity index (χ1v) is 9.24. The fourth-order valence-electron chi connectivity index (χ4n) is 3.51. The van der Waals surface area contributed by atoms with Crippen LogP contribution in [-0.2, 0) is 11.3 Å². The summed E-state index contributed by atoms with van der Waals surface area (Å²) in [6, 6.07) is 12.6. The number of aryl methyl sites for hydroxylation is 1. The van der Waals surface area contributed by atoms with Crippen molar-refractivity contribution in [1.29, 1.82) is 0 Å². The van der Waals surface area contributed by atoms with Crippen molar-refractivity contribution in [2.24, 2.45) is 0 Å². The molecular weight excluding hydrogens is 356 g/mol. The summed E-state index contributed by atoms with van der Waals surface area (Å²) in [5, 5.41) is 13.4. The minimum absolute atomic E-state index is 0.0464. The molecule has 0 spiro atoms. The normalized spacial score (nSPS) is 17.2. The van der Waals surface area contributed by atoms with Crippen LogP contribution in [0.3, 0.4) is 0 Å². The topological polar surface area (TPSA) is 94.2 Å². The summed E-state index contributed by atoms with van der Waals surface area (Å²) >= 11 is 0. The van der Waals surface area contributed by atoms with Gasteiger partial charge in [0.05, 0.1) is 0 Å². The van der Waals surface area contributed by atoms with Crippen molar-refractivity contribution in [3.8, 4) is 0 Å². The van der Waals surface area contributed by atoms with Gasteiger partial charge >= 0.3 is 6.03 Å². The Kier molecular flexibility index (Phi) is 4.68. The predicted octanol–water partition coefficient (Wildman–Crippen LogP) is 2.53. The zero-order valence-electron chi connectivity index (χ0n) is 15.8. The summed E-state index contributed by atoms with van der Waals surface area (Å²) in [4.78, 5) is 28.9. The number of carbonyl (C=O) groups excluding carboxylic acids is 2. The van der Waals surface area contributed by atoms with Crippen LogP contribution in [0.25, 0.3) is 11.0 Å². The molecular formula is C20H22N6O2. The number of aromatic nitrogens is 3. The zero-order valence-corrected chi connectivity index (χ0v) is 15.8. The van der Waals surface area contributed by atoms with E-state index in [1.54, 1.807) is 30.0 Å². The number of piperazine rings is 1. The summed E-state index contributed by atoms with van der Waals surface area (Å²) in [6.07, 6.45) is 0. The Hall–Kier alpha value is -3.42. The number of amides is 3. The quantitative estimate of drug-likeness (QED) is 0.732. The number of aromatic amines is 1. The van der Waals surface area contributed by atoms with Gasteiger partial charge in [0.25, 0.3) is 0 Å². The second-order valence-corrected chi connectivity index (χ2v) is 7.08. The summed E-state index contributed by atoms with van der Waals surface area (Å²) in [7, 11) is 0. The second kappa shape index (κ2) is 7.30. The van der Waals surface area contributed by atoms with Crippen molar-refractivity contribution in [2.45, 2.75) is 26.4 Å². The highest BCUT2D eigenvalue weighted by molar-refractivity contribution is 5.95. The molecule has 1 aliphatic heterocycles. The number of anilines is 1. The fraction of sp³-hybridized carbons (Fsp3) is 0.300. The van der Waals surface area contributed by atoms with Crippen LogP contribution in [0.1, 0.15) is 18.1 Å². The molecule has 8 heteroatoms. The van der Waals surface area contributed by atoms with E-state index in [9.17, 15) is 9.59 Å². The van der Waals surface area contributed by atoms with Gasteiger partial charge in [0.2, 0.25) is 5.91 Å². The van der Waals surface area contributed by atoms with Gasteiger partial charge in [-0.15, -0.1) is 0 Å². The predicted molar refractivity (Wildman–Crippen MR) is 106 cm³/mol. The molecule has 144 valence electrons. The number of benzene rings is 2. The lowest BCUT2D eigenvalue weighted by Crippen LogP contribution is -2.58. The molecule has 1 saturated heterocycles. The second-order valence-electron chi connectivity index (χ2n) is 7.08. The molecule has 2 N–H and O–H groups in total. The highest BCUT2D eigenvalue weighted by Crippen LogP contribution is 2.19. The Morgan fingerprint density at radius 3 is 2.82 bits per heavy atom. The van der Waals surface area contributed by atoms with Gasteiger partial charge in [0.1, 0.15) is 17.1 Å². The van der Waals surface area contributed by atoms with Gasteiger partial charge in [-0.3, -0.25) is 4.79 Å². The number of carbonyl (C=O) groups is 2. The lowest BCUT2D eigenvalue weighted by molar-refractivity contribution is -0.139. The molecule has 28 heavy (non-hydrogen) atoms. The molecule has 0 saturated carbocycles. The molecule has 0 bridgehead atoms. The Bertz CT molecular complexity index is 1030. The van der Waals surface area contributed by atoms with Crippen molar-refractivity contribution in [3.63, 3.8) is 0 Å². The average molecular weight is 378 g/mol. The highest BCUT2D eigenvalue weighted by Gasteiger charge is 2.34. The van der Waals surface area contributed by atoms with Gasteiger partial charge in [0, 0.05) is 25.3 Å². The fourth-order valence-corrected chi connectivity index (χ4v) is 3.51. The van der Waals surface area contributed by atoms with Crippen molar-refractivity contribution >= 4 is 28.7 Å². The molecule has 1 aliphatic rings. The third kappa shape index (κ3) is 3.53. The maximum Gasteiger partial charge on any atom is 0.322 e. The standard InChI is InChI=1S/C20H22N6O2/c1-13-4-3-5-15(10-13)12-25-8-9-26(14(2)19(25)27)20(28)21-16-6-7-17-18(11-16)23-24-22-17/h3-7,10-11,14H,8-9,12H2,1-2H3,(H,21,28)(H,22,23,24)/t14-/m0/s1. The van der Waals surface area contributed by atoms with E-state index in [4.69, 9.17) is 0 Å². The van der Waals surface area contributed by atoms with E-state index < -0.39 is 6.04 Å². The lowest BCUT2D eigenvalue weighted by atomic mass is 10.1. The van der Waals surface area contributed by atoms with Gasteiger partial charge < -0.3 is 15.1 Å². The molecule has 4 rings (SSSR count). The molecule has 0 aliphatic carbocycles. The molecule has 1 atom stereocenters. The van der Waals surface area contributed by atoms with Gasteiger partial charge in [0.15, 0.2) is 0 Å². The minimum atomic E-state index is -0.519. The Balaban J connectivity index is 1.42. The molecule has 0 unspecified atom stereocenters. The van der Waals surface area contributed by atoms with Crippen LogP contribution in [-0.4, -0.2) is 56.3 Å². The SMILES string of the molecule is Cc1cccc(CN2CCN(C(=O)Nc3ccc4n[nH]nc4c3)[C@@H](C)C2=O)c1. The molecule has 0 radical (unpaired) electrons. The Morgan fingerprint density at radius 2 is 2.00 bits per heavy atom. The van der Waals surface area contributed by atoms with Crippen LogP contribution in [0.2, 0.25) is 0 Å². The first kappa shape index (κ1) is 18.0. The monoisotopic (exact) mass is 378 g/mol. The Labute approximate surface area is 162 Å². The van der Waals surface area contributed by atoms with Crippen LogP contribution >= 0.6 is 0 Å². The molecule has 2 heterocycles. The van der Waals surface area contributed by atoms with Crippen LogP contribution in [0.5, 0.6) is 0 Å². The van der Waals surface area contributed by atoms with Crippen LogP contribution in [0, 0.1) is 6.92 Å². The van der Waals surface area contributed by atoms with Crippen molar-refractivity contribution < 1.29 is 9.59 Å². The molecule has 1 aromatic heterocycles. The number of nitrogens with one attached hydrogen (secondary N) is 2. The summed E-state index contributed by atoms with van der Waals surface area (Å²) in [5.41, 5.74) is 4.28. The maximum atomic E-state index is 12.8. The lowest BCUT2D eigenvalue weighted by Gasteiger charge is -2.39. The van der Waals surface area contributed by atoms with Gasteiger partial charge in [-0.1, -0.05) is 29.8 Å². The van der Waals surface area contributed by atoms with E-state index in [2.05, 4.69) is 26.8 Å². The summed E-state index contributed by atoms with van der Waals surface area (Å²) in [5.74, 6) is -0.0464. The number of H-pyrrole nitrogens is 1. The van der Waals surface area contributed by atoms with E-state index in [-0.39, 0.29) is 11.9 Å². The largest absolute Gasteiger partial charge is 0.335 e. The molecule has 2 aromatic carbocycles. The number of rotatable bonds is 3. The van der Waals surface area contributed by atoms with E-state index in [1.807, 2.05) is 30.0 Å². The highest BCUT2D eigenvalue weighted by atomic mass is 16.2. The van der Waals surface area contributed by atoms with Crippen LogP contribution in [0.4, 0.5) is 10.5 Å². The summed E-state index contributed by atoms with van der Waals surface area (Å²) in [6.45, 7) is 5.35. The smallest absolute Gasteiger partial charge is 0.322 e. The van der Waals surface area contributed by atoms with Crippen molar-refractivity contribution in [3.05, 3.63) is 53.6 Å². The molecule has 1 fully saturated rings. The number of hydrogen-bond acceptors (Lipinski definition) is 4. The zero-order chi connectivity index (χ0) is 19.7. The number of fused-ring (bicyclic) bond motifs is 1. The van der Waals surface area contributed by atoms with Crippen LogP contribution in [0.15, 0.2) is 42.5 Å². The third-order valence-corrected chi connectivity index (χ3v) is 5.03. The van der Waals surface area contributed by atoms with E-state index in [0.717, 1.165) is 11.1 Å². The first-order chi connectivity index (χ1) is 13.5. The molecule has 8 nitrogen and oxygen atoms in total. The number of nitrogens with zero attached hydrogens (tertiary/aromatic N) is 4. The van der Waals surface area contributed by atoms with Crippen LogP contribution < -0.4 is 5.32 Å². The molecule has 3 aromatic rings. The van der Waals surface area contributed by atoms with Gasteiger partial charge in [-0.05, 0) is 37.6 Å². The number of urea groups is 1. The average Bonchev–Trinajstić information content (AvgIpc) is 3.13. The first-order valence-electron chi connectivity index (χ1n) is 9.24. The Morgan fingerprint density at radius 1 is 1.18 bits per heavy atom. The van der Waals surface area contributed by atoms with Gasteiger partial charge in [-0.25, -0.2) is 4.79 Å².